The maximum absolute atomic E-state index is 12.6. The third kappa shape index (κ3) is 3.61. The molecule has 116 valence electrons. The van der Waals surface area contributed by atoms with Crippen molar-refractivity contribution in [3.63, 3.8) is 0 Å². The van der Waals surface area contributed by atoms with Gasteiger partial charge in [0.2, 0.25) is 5.82 Å². The number of carbonyl (C=O) groups is 1. The second kappa shape index (κ2) is 6.56. The largest absolute Gasteiger partial charge is 0.334 e. The van der Waals surface area contributed by atoms with Gasteiger partial charge >= 0.3 is 0 Å². The molecule has 2 fully saturated rings. The van der Waals surface area contributed by atoms with Crippen molar-refractivity contribution in [1.82, 2.24) is 25.4 Å². The minimum Gasteiger partial charge on any atom is -0.334 e. The predicted molar refractivity (Wildman–Crippen MR) is 80.2 cm³/mol. The van der Waals surface area contributed by atoms with Crippen LogP contribution in [0.1, 0.15) is 67.8 Å². The molecule has 0 bridgehead atoms. The van der Waals surface area contributed by atoms with Crippen molar-refractivity contribution in [2.45, 2.75) is 57.4 Å². The van der Waals surface area contributed by atoms with E-state index in [9.17, 15) is 4.79 Å². The number of nitrogens with one attached hydrogen (secondary N) is 2. The van der Waals surface area contributed by atoms with Gasteiger partial charge in [0.05, 0.1) is 0 Å². The van der Waals surface area contributed by atoms with E-state index in [1.54, 1.807) is 0 Å². The summed E-state index contributed by atoms with van der Waals surface area (Å²) in [6.45, 7) is 4.69. The predicted octanol–water partition coefficient (Wildman–Crippen LogP) is 1.68. The molecule has 0 aromatic carbocycles. The molecule has 1 aromatic heterocycles. The van der Waals surface area contributed by atoms with E-state index in [0.717, 1.165) is 51.1 Å². The van der Waals surface area contributed by atoms with E-state index >= 15 is 0 Å². The Morgan fingerprint density at radius 3 is 2.86 bits per heavy atom. The molecule has 1 amide bonds. The van der Waals surface area contributed by atoms with E-state index in [1.807, 2.05) is 4.90 Å². The molecular formula is C15H25N5O. The number of hydrogen-bond acceptors (Lipinski definition) is 4. The smallest absolute Gasteiger partial charge is 0.293 e. The molecule has 1 saturated heterocycles. The number of amides is 1. The highest BCUT2D eigenvalue weighted by Gasteiger charge is 2.29. The molecule has 2 heterocycles. The maximum Gasteiger partial charge on any atom is 0.293 e. The first-order chi connectivity index (χ1) is 10.3. The number of hydrogen-bond donors (Lipinski definition) is 2. The zero-order valence-electron chi connectivity index (χ0n) is 12.8. The van der Waals surface area contributed by atoms with Crippen molar-refractivity contribution in [1.29, 1.82) is 0 Å². The Labute approximate surface area is 125 Å². The van der Waals surface area contributed by atoms with Gasteiger partial charge < -0.3 is 10.2 Å². The molecule has 1 aromatic rings. The summed E-state index contributed by atoms with van der Waals surface area (Å²) in [5.74, 6) is 1.68. The molecular weight excluding hydrogens is 266 g/mol. The number of carbonyl (C=O) groups excluding carboxylic acids is 1. The molecule has 3 rings (SSSR count). The van der Waals surface area contributed by atoms with E-state index < -0.39 is 0 Å². The minimum absolute atomic E-state index is 0.0348. The van der Waals surface area contributed by atoms with Gasteiger partial charge in [-0.3, -0.25) is 9.89 Å². The van der Waals surface area contributed by atoms with Crippen LogP contribution >= 0.6 is 0 Å². The Balaban J connectivity index is 1.64. The first-order valence-electron chi connectivity index (χ1n) is 8.23. The maximum atomic E-state index is 12.6. The lowest BCUT2D eigenvalue weighted by atomic mass is 10.0. The Hall–Kier alpha value is -1.43. The number of nitrogens with zero attached hydrogens (tertiary/aromatic N) is 3. The van der Waals surface area contributed by atoms with Crippen LogP contribution in [0.4, 0.5) is 0 Å². The van der Waals surface area contributed by atoms with E-state index in [2.05, 4.69) is 27.4 Å². The molecule has 6 heteroatoms. The molecule has 1 aliphatic heterocycles. The highest BCUT2D eigenvalue weighted by molar-refractivity contribution is 5.90. The highest BCUT2D eigenvalue weighted by Crippen LogP contribution is 2.37. The molecule has 1 saturated carbocycles. The summed E-state index contributed by atoms with van der Waals surface area (Å²) in [7, 11) is 0. The Morgan fingerprint density at radius 1 is 1.33 bits per heavy atom. The third-order valence-electron chi connectivity index (χ3n) is 4.29. The van der Waals surface area contributed by atoms with Crippen LogP contribution in [0, 0.1) is 0 Å². The third-order valence-corrected chi connectivity index (χ3v) is 4.29. The second-order valence-electron chi connectivity index (χ2n) is 6.22. The molecule has 1 aliphatic carbocycles. The minimum atomic E-state index is -0.0348. The average Bonchev–Trinajstić information content (AvgIpc) is 3.25. The molecule has 6 nitrogen and oxygen atoms in total. The summed E-state index contributed by atoms with van der Waals surface area (Å²) in [6.07, 6.45) is 6.91. The molecule has 21 heavy (non-hydrogen) atoms. The molecule has 0 spiro atoms. The van der Waals surface area contributed by atoms with Crippen molar-refractivity contribution >= 4 is 5.91 Å². The van der Waals surface area contributed by atoms with Crippen LogP contribution in [0.2, 0.25) is 0 Å². The summed E-state index contributed by atoms with van der Waals surface area (Å²) < 4.78 is 0. The van der Waals surface area contributed by atoms with Crippen LogP contribution in [-0.4, -0.2) is 51.7 Å². The van der Waals surface area contributed by atoms with Gasteiger partial charge in [0, 0.05) is 25.0 Å². The van der Waals surface area contributed by atoms with Gasteiger partial charge in [-0.05, 0) is 38.6 Å². The van der Waals surface area contributed by atoms with Crippen LogP contribution in [-0.2, 0) is 0 Å². The zero-order chi connectivity index (χ0) is 14.7. The number of H-pyrrole nitrogens is 1. The molecule has 2 aliphatic rings. The number of piperidine rings is 1. The summed E-state index contributed by atoms with van der Waals surface area (Å²) >= 11 is 0. The van der Waals surface area contributed by atoms with Crippen LogP contribution < -0.4 is 5.32 Å². The molecule has 1 atom stereocenters. The van der Waals surface area contributed by atoms with Crippen molar-refractivity contribution in [2.75, 3.05) is 19.6 Å². The van der Waals surface area contributed by atoms with Crippen molar-refractivity contribution in [3.8, 4) is 0 Å². The summed E-state index contributed by atoms with van der Waals surface area (Å²) in [5, 5.41) is 10.6. The van der Waals surface area contributed by atoms with Gasteiger partial charge in [0.15, 0.2) is 0 Å². The Morgan fingerprint density at radius 2 is 2.19 bits per heavy atom. The normalized spacial score (nSPS) is 22.2. The lowest BCUT2D eigenvalue weighted by molar-refractivity contribution is 0.0720. The standard InChI is InChI=1S/C15H25N5O/c1-2-9-20(10-12-5-3-4-8-16-12)15(21)14-17-13(18-19-14)11-6-7-11/h11-12,16H,2-10H2,1H3,(H,17,18,19). The van der Waals surface area contributed by atoms with Gasteiger partial charge in [-0.1, -0.05) is 13.3 Å². The van der Waals surface area contributed by atoms with Crippen LogP contribution in [0.15, 0.2) is 0 Å². The highest BCUT2D eigenvalue weighted by atomic mass is 16.2. The summed E-state index contributed by atoms with van der Waals surface area (Å²) in [4.78, 5) is 18.9. The fourth-order valence-corrected chi connectivity index (χ4v) is 2.94. The first kappa shape index (κ1) is 14.5. The second-order valence-corrected chi connectivity index (χ2v) is 6.22. The first-order valence-corrected chi connectivity index (χ1v) is 8.23. The van der Waals surface area contributed by atoms with E-state index in [0.29, 0.717) is 17.8 Å². The van der Waals surface area contributed by atoms with Gasteiger partial charge in [0.25, 0.3) is 5.91 Å². The molecule has 2 N–H and O–H groups in total. The molecule has 0 radical (unpaired) electrons. The fraction of sp³-hybridized carbons (Fsp3) is 0.800. The SMILES string of the molecule is CCCN(CC1CCCCN1)C(=O)c1n[nH]c(C2CC2)n1. The number of aromatic amines is 1. The van der Waals surface area contributed by atoms with Crippen molar-refractivity contribution in [2.24, 2.45) is 0 Å². The molecule has 1 unspecified atom stereocenters. The summed E-state index contributed by atoms with van der Waals surface area (Å²) in [6, 6.07) is 0.413. The van der Waals surface area contributed by atoms with Crippen LogP contribution in [0.5, 0.6) is 0 Å². The zero-order valence-corrected chi connectivity index (χ0v) is 12.8. The van der Waals surface area contributed by atoms with Crippen LogP contribution in [0.25, 0.3) is 0 Å². The topological polar surface area (TPSA) is 73.9 Å². The lowest BCUT2D eigenvalue weighted by Crippen LogP contribution is -2.46. The van der Waals surface area contributed by atoms with Gasteiger partial charge in [0.1, 0.15) is 5.82 Å². The number of rotatable bonds is 6. The summed E-state index contributed by atoms with van der Waals surface area (Å²) in [5.41, 5.74) is 0. The average molecular weight is 291 g/mol. The van der Waals surface area contributed by atoms with Gasteiger partial charge in [-0.2, -0.15) is 0 Å². The number of aromatic nitrogens is 3. The van der Waals surface area contributed by atoms with E-state index in [1.165, 1.54) is 12.8 Å². The lowest BCUT2D eigenvalue weighted by Gasteiger charge is -2.29. The van der Waals surface area contributed by atoms with Crippen molar-refractivity contribution in [3.05, 3.63) is 11.6 Å². The fourth-order valence-electron chi connectivity index (χ4n) is 2.94. The quantitative estimate of drug-likeness (QED) is 0.836. The van der Waals surface area contributed by atoms with Crippen LogP contribution in [0.3, 0.4) is 0 Å². The van der Waals surface area contributed by atoms with Gasteiger partial charge in [-0.25, -0.2) is 4.98 Å². The monoisotopic (exact) mass is 291 g/mol. The van der Waals surface area contributed by atoms with E-state index in [4.69, 9.17) is 0 Å². The van der Waals surface area contributed by atoms with E-state index in [-0.39, 0.29) is 5.91 Å². The Bertz CT molecular complexity index is 476. The Kier molecular flexibility index (Phi) is 4.53. The van der Waals surface area contributed by atoms with Crippen molar-refractivity contribution < 1.29 is 4.79 Å². The van der Waals surface area contributed by atoms with Gasteiger partial charge in [-0.15, -0.1) is 5.10 Å².